The van der Waals surface area contributed by atoms with Crippen LogP contribution >= 0.6 is 0 Å². The Morgan fingerprint density at radius 1 is 1.19 bits per heavy atom. The summed E-state index contributed by atoms with van der Waals surface area (Å²) in [5.41, 5.74) is 4.59. The van der Waals surface area contributed by atoms with Gasteiger partial charge in [-0.3, -0.25) is 0 Å². The van der Waals surface area contributed by atoms with Gasteiger partial charge in [-0.25, -0.2) is 9.78 Å². The van der Waals surface area contributed by atoms with Crippen molar-refractivity contribution in [3.05, 3.63) is 59.0 Å². The van der Waals surface area contributed by atoms with Gasteiger partial charge in [-0.1, -0.05) is 26.8 Å². The van der Waals surface area contributed by atoms with Crippen LogP contribution in [0, 0.1) is 0 Å². The number of aromatic nitrogens is 2. The third-order valence-electron chi connectivity index (χ3n) is 5.23. The Bertz CT molecular complexity index is 973. The van der Waals surface area contributed by atoms with Gasteiger partial charge in [-0.15, -0.1) is 0 Å². The van der Waals surface area contributed by atoms with Gasteiger partial charge < -0.3 is 14.5 Å². The Kier molecular flexibility index (Phi) is 5.22. The summed E-state index contributed by atoms with van der Waals surface area (Å²) in [6, 6.07) is 11.5. The topological polar surface area (TPSA) is 64.2 Å². The molecule has 0 spiro atoms. The van der Waals surface area contributed by atoms with Crippen LogP contribution in [0.1, 0.15) is 54.6 Å². The molecule has 1 aromatic carbocycles. The molecule has 5 nitrogen and oxygen atoms in total. The van der Waals surface area contributed by atoms with Crippen molar-refractivity contribution in [1.29, 1.82) is 0 Å². The van der Waals surface area contributed by atoms with E-state index in [1.165, 1.54) is 18.4 Å². The Labute approximate surface area is 159 Å². The molecule has 0 radical (unpaired) electrons. The molecule has 27 heavy (non-hydrogen) atoms. The number of pyridine rings is 1. The van der Waals surface area contributed by atoms with Crippen LogP contribution < -0.4 is 4.74 Å². The number of aromatic amines is 1. The molecule has 0 saturated carbocycles. The number of nitrogens with one attached hydrogen (secondary N) is 1. The first-order valence-corrected chi connectivity index (χ1v) is 9.13. The summed E-state index contributed by atoms with van der Waals surface area (Å²) in [6.45, 7) is 6.65. The summed E-state index contributed by atoms with van der Waals surface area (Å²) in [5.74, 6) is 0.400. The average Bonchev–Trinajstić information content (AvgIpc) is 3.05. The lowest BCUT2D eigenvalue weighted by Gasteiger charge is -2.23. The van der Waals surface area contributed by atoms with E-state index in [4.69, 9.17) is 9.47 Å². The zero-order valence-corrected chi connectivity index (χ0v) is 16.6. The number of H-pyrrole nitrogens is 1. The molecule has 0 unspecified atom stereocenters. The van der Waals surface area contributed by atoms with Gasteiger partial charge in [0.1, 0.15) is 11.4 Å². The van der Waals surface area contributed by atoms with Crippen molar-refractivity contribution in [2.45, 2.75) is 39.0 Å². The van der Waals surface area contributed by atoms with Crippen molar-refractivity contribution >= 4 is 16.9 Å². The fraction of sp³-hybridized carbons (Fsp3) is 0.364. The highest BCUT2D eigenvalue weighted by Gasteiger charge is 2.26. The molecule has 3 aromatic rings. The largest absolute Gasteiger partial charge is 0.497 e. The molecule has 3 rings (SSSR count). The Morgan fingerprint density at radius 3 is 2.63 bits per heavy atom. The second-order valence-electron chi connectivity index (χ2n) is 7.31. The van der Waals surface area contributed by atoms with E-state index in [1.807, 2.05) is 24.3 Å². The molecule has 0 aliphatic heterocycles. The number of hydrogen-bond donors (Lipinski definition) is 1. The van der Waals surface area contributed by atoms with E-state index in [1.54, 1.807) is 13.2 Å². The highest BCUT2D eigenvalue weighted by Crippen LogP contribution is 2.36. The van der Waals surface area contributed by atoms with Crippen LogP contribution in [0.15, 0.2) is 36.4 Å². The maximum Gasteiger partial charge on any atom is 0.356 e. The zero-order valence-electron chi connectivity index (χ0n) is 16.6. The van der Waals surface area contributed by atoms with Gasteiger partial charge in [0.25, 0.3) is 0 Å². The fourth-order valence-corrected chi connectivity index (χ4v) is 3.28. The van der Waals surface area contributed by atoms with Crippen molar-refractivity contribution < 1.29 is 14.3 Å². The van der Waals surface area contributed by atoms with Gasteiger partial charge in [0.15, 0.2) is 0 Å². The maximum atomic E-state index is 11.8. The summed E-state index contributed by atoms with van der Waals surface area (Å²) >= 11 is 0. The van der Waals surface area contributed by atoms with Crippen LogP contribution in [0.5, 0.6) is 5.75 Å². The number of hydrogen-bond acceptors (Lipinski definition) is 4. The molecule has 0 bridgehead atoms. The summed E-state index contributed by atoms with van der Waals surface area (Å²) in [5, 5.41) is 1.15. The molecular formula is C22H26N2O3. The number of nitrogens with zero attached hydrogens (tertiary/aromatic N) is 1. The normalized spacial score (nSPS) is 11.6. The number of rotatable bonds is 6. The monoisotopic (exact) mass is 366 g/mol. The van der Waals surface area contributed by atoms with E-state index < -0.39 is 5.97 Å². The standard InChI is InChI=1S/C22H26N2O3/c1-6-22(2,3)20-17(16-11-10-15(26-4)13-19(16)24-20)12-14-8-7-9-18(23-14)21(25)27-5/h7-11,13,24H,6,12H2,1-5H3. The Hall–Kier alpha value is -2.82. The average molecular weight is 366 g/mol. The lowest BCUT2D eigenvalue weighted by Crippen LogP contribution is -2.18. The smallest absolute Gasteiger partial charge is 0.356 e. The highest BCUT2D eigenvalue weighted by atomic mass is 16.5. The van der Waals surface area contributed by atoms with Crippen molar-refractivity contribution in [2.24, 2.45) is 0 Å². The van der Waals surface area contributed by atoms with Crippen LogP contribution in [0.25, 0.3) is 10.9 Å². The summed E-state index contributed by atoms with van der Waals surface area (Å²) in [7, 11) is 3.04. The molecule has 1 N–H and O–H groups in total. The van der Waals surface area contributed by atoms with E-state index in [0.29, 0.717) is 12.1 Å². The van der Waals surface area contributed by atoms with Gasteiger partial charge in [-0.05, 0) is 36.2 Å². The van der Waals surface area contributed by atoms with E-state index in [2.05, 4.69) is 36.8 Å². The van der Waals surface area contributed by atoms with Crippen molar-refractivity contribution in [2.75, 3.05) is 14.2 Å². The van der Waals surface area contributed by atoms with Crippen molar-refractivity contribution in [1.82, 2.24) is 9.97 Å². The van der Waals surface area contributed by atoms with Gasteiger partial charge >= 0.3 is 5.97 Å². The van der Waals surface area contributed by atoms with Gasteiger partial charge in [0, 0.05) is 40.2 Å². The molecule has 0 aliphatic carbocycles. The molecule has 0 atom stereocenters. The van der Waals surface area contributed by atoms with Gasteiger partial charge in [0.05, 0.1) is 14.2 Å². The third-order valence-corrected chi connectivity index (χ3v) is 5.23. The van der Waals surface area contributed by atoms with Crippen LogP contribution in [-0.2, 0) is 16.6 Å². The first kappa shape index (κ1) is 19.0. The minimum Gasteiger partial charge on any atom is -0.497 e. The number of carbonyl (C=O) groups is 1. The number of ether oxygens (including phenoxy) is 2. The lowest BCUT2D eigenvalue weighted by atomic mass is 9.83. The molecule has 0 fully saturated rings. The molecule has 5 heteroatoms. The summed E-state index contributed by atoms with van der Waals surface area (Å²) in [4.78, 5) is 19.9. The number of methoxy groups -OCH3 is 2. The first-order valence-electron chi connectivity index (χ1n) is 9.13. The van der Waals surface area contributed by atoms with Crippen molar-refractivity contribution in [3.8, 4) is 5.75 Å². The molecule has 142 valence electrons. The van der Waals surface area contributed by atoms with Crippen molar-refractivity contribution in [3.63, 3.8) is 0 Å². The molecule has 0 aliphatic rings. The molecular weight excluding hydrogens is 340 g/mol. The lowest BCUT2D eigenvalue weighted by molar-refractivity contribution is 0.0593. The number of benzene rings is 1. The van der Waals surface area contributed by atoms with E-state index >= 15 is 0 Å². The van der Waals surface area contributed by atoms with Crippen LogP contribution in [0.4, 0.5) is 0 Å². The predicted octanol–water partition coefficient (Wildman–Crippen LogP) is 4.64. The van der Waals surface area contributed by atoms with E-state index in [9.17, 15) is 4.79 Å². The summed E-state index contributed by atoms with van der Waals surface area (Å²) < 4.78 is 10.2. The van der Waals surface area contributed by atoms with Gasteiger partial charge in [-0.2, -0.15) is 0 Å². The Balaban J connectivity index is 2.12. The van der Waals surface area contributed by atoms with E-state index in [0.717, 1.165) is 28.8 Å². The predicted molar refractivity (Wildman–Crippen MR) is 107 cm³/mol. The third kappa shape index (κ3) is 3.68. The quantitative estimate of drug-likeness (QED) is 0.646. The minimum atomic E-state index is -0.422. The van der Waals surface area contributed by atoms with Crippen LogP contribution in [0.3, 0.4) is 0 Å². The minimum absolute atomic E-state index is 0.0124. The number of esters is 1. The van der Waals surface area contributed by atoms with E-state index in [-0.39, 0.29) is 5.41 Å². The molecule has 2 aromatic heterocycles. The molecule has 0 amide bonds. The zero-order chi connectivity index (χ0) is 19.6. The highest BCUT2D eigenvalue weighted by molar-refractivity contribution is 5.88. The second-order valence-corrected chi connectivity index (χ2v) is 7.31. The second kappa shape index (κ2) is 7.43. The van der Waals surface area contributed by atoms with Gasteiger partial charge in [0.2, 0.25) is 0 Å². The summed E-state index contributed by atoms with van der Waals surface area (Å²) in [6.07, 6.45) is 1.63. The fourth-order valence-electron chi connectivity index (χ4n) is 3.28. The maximum absolute atomic E-state index is 11.8. The Morgan fingerprint density at radius 2 is 1.96 bits per heavy atom. The number of carbonyl (C=O) groups excluding carboxylic acids is 1. The molecule has 0 saturated heterocycles. The first-order chi connectivity index (χ1) is 12.9. The van der Waals surface area contributed by atoms with Crippen LogP contribution in [-0.4, -0.2) is 30.2 Å². The molecule has 2 heterocycles. The van der Waals surface area contributed by atoms with Crippen LogP contribution in [0.2, 0.25) is 0 Å². The SMILES string of the molecule is CCC(C)(C)c1[nH]c2cc(OC)ccc2c1Cc1cccc(C(=O)OC)n1. The number of fused-ring (bicyclic) bond motifs is 1.